The van der Waals surface area contributed by atoms with Crippen molar-refractivity contribution in [3.05, 3.63) is 46.9 Å². The minimum atomic E-state index is -4.01. The lowest BCUT2D eigenvalue weighted by Gasteiger charge is -2.09. The highest BCUT2D eigenvalue weighted by Gasteiger charge is 2.17. The Labute approximate surface area is 117 Å². The molecule has 0 radical (unpaired) electrons. The van der Waals surface area contributed by atoms with Gasteiger partial charge in [-0.2, -0.15) is 0 Å². The lowest BCUT2D eigenvalue weighted by Crippen LogP contribution is -2.13. The van der Waals surface area contributed by atoms with E-state index in [-0.39, 0.29) is 16.3 Å². The van der Waals surface area contributed by atoms with E-state index in [0.29, 0.717) is 4.47 Å². The first kappa shape index (κ1) is 13.8. The number of hydrogen-bond donors (Lipinski definition) is 2. The summed E-state index contributed by atoms with van der Waals surface area (Å²) in [5.74, 6) is -1.00. The van der Waals surface area contributed by atoms with E-state index >= 15 is 0 Å². The Bertz CT molecular complexity index is 722. The molecular weight excluding hydrogens is 339 g/mol. The first-order chi connectivity index (χ1) is 8.88. The number of phenolic OH excluding ortho intramolecular Hbond substituents is 1. The van der Waals surface area contributed by atoms with Crippen molar-refractivity contribution >= 4 is 31.6 Å². The third-order valence-electron chi connectivity index (χ3n) is 2.19. The van der Waals surface area contributed by atoms with Crippen LogP contribution in [-0.2, 0) is 10.0 Å². The second-order valence-corrected chi connectivity index (χ2v) is 6.20. The van der Waals surface area contributed by atoms with Gasteiger partial charge in [-0.3, -0.25) is 9.71 Å². The van der Waals surface area contributed by atoms with E-state index in [2.05, 4.69) is 25.6 Å². The number of phenols is 1. The van der Waals surface area contributed by atoms with Gasteiger partial charge in [0.25, 0.3) is 10.0 Å². The molecule has 0 bridgehead atoms. The Morgan fingerprint density at radius 2 is 2.00 bits per heavy atom. The van der Waals surface area contributed by atoms with E-state index in [0.717, 1.165) is 18.5 Å². The number of hydrogen-bond acceptors (Lipinski definition) is 4. The largest absolute Gasteiger partial charge is 0.506 e. The summed E-state index contributed by atoms with van der Waals surface area (Å²) in [6, 6.07) is 5.10. The Balaban J connectivity index is 2.39. The lowest BCUT2D eigenvalue weighted by atomic mass is 10.3. The zero-order valence-electron chi connectivity index (χ0n) is 9.34. The lowest BCUT2D eigenvalue weighted by molar-refractivity contribution is 0.477. The molecule has 0 atom stereocenters. The summed E-state index contributed by atoms with van der Waals surface area (Å²) in [7, 11) is -4.01. The van der Waals surface area contributed by atoms with Crippen LogP contribution in [0.2, 0.25) is 0 Å². The Hall–Kier alpha value is -1.67. The van der Waals surface area contributed by atoms with Gasteiger partial charge in [0.1, 0.15) is 16.5 Å². The van der Waals surface area contributed by atoms with Crippen LogP contribution in [0.1, 0.15) is 0 Å². The molecule has 2 N–H and O–H groups in total. The van der Waals surface area contributed by atoms with Crippen LogP contribution in [0, 0.1) is 5.82 Å². The highest BCUT2D eigenvalue weighted by Crippen LogP contribution is 2.28. The van der Waals surface area contributed by atoms with Gasteiger partial charge in [-0.1, -0.05) is 15.9 Å². The summed E-state index contributed by atoms with van der Waals surface area (Å²) in [6.45, 7) is 0. The van der Waals surface area contributed by atoms with Gasteiger partial charge in [-0.25, -0.2) is 12.8 Å². The molecule has 1 aromatic heterocycles. The number of aromatic hydroxyl groups is 1. The molecule has 0 saturated heterocycles. The van der Waals surface area contributed by atoms with Gasteiger partial charge >= 0.3 is 0 Å². The van der Waals surface area contributed by atoms with E-state index in [1.165, 1.54) is 12.1 Å². The van der Waals surface area contributed by atoms with Crippen LogP contribution in [0.3, 0.4) is 0 Å². The monoisotopic (exact) mass is 346 g/mol. The standard InChI is InChI=1S/C11H8BrFN2O3S/c12-7-1-2-11(16)10(3-7)15-19(17,18)9-4-8(13)5-14-6-9/h1-6,15-16H. The number of aromatic nitrogens is 1. The SMILES string of the molecule is O=S(=O)(Nc1cc(Br)ccc1O)c1cncc(F)c1. The van der Waals surface area contributed by atoms with Crippen molar-refractivity contribution in [2.24, 2.45) is 0 Å². The van der Waals surface area contributed by atoms with Crippen LogP contribution in [0.25, 0.3) is 0 Å². The van der Waals surface area contributed by atoms with Crippen molar-refractivity contribution in [2.75, 3.05) is 4.72 Å². The Kier molecular flexibility index (Phi) is 3.72. The fourth-order valence-electron chi connectivity index (χ4n) is 1.33. The molecular formula is C11H8BrFN2O3S. The number of sulfonamides is 1. The molecule has 2 rings (SSSR count). The van der Waals surface area contributed by atoms with Gasteiger partial charge in [0, 0.05) is 10.7 Å². The summed E-state index contributed by atoms with van der Waals surface area (Å²) in [4.78, 5) is 3.14. The fraction of sp³-hybridized carbons (Fsp3) is 0. The first-order valence-corrected chi connectivity index (χ1v) is 7.28. The second kappa shape index (κ2) is 5.14. The minimum Gasteiger partial charge on any atom is -0.506 e. The minimum absolute atomic E-state index is 0.0152. The van der Waals surface area contributed by atoms with E-state index in [1.807, 2.05) is 0 Å². The molecule has 8 heteroatoms. The van der Waals surface area contributed by atoms with Gasteiger partial charge in [-0.05, 0) is 24.3 Å². The van der Waals surface area contributed by atoms with Crippen molar-refractivity contribution in [3.63, 3.8) is 0 Å². The molecule has 0 aliphatic heterocycles. The number of rotatable bonds is 3. The van der Waals surface area contributed by atoms with Crippen molar-refractivity contribution in [1.29, 1.82) is 0 Å². The zero-order valence-corrected chi connectivity index (χ0v) is 11.7. The maximum Gasteiger partial charge on any atom is 0.263 e. The average molecular weight is 347 g/mol. The quantitative estimate of drug-likeness (QED) is 0.836. The maximum atomic E-state index is 13.0. The molecule has 0 amide bonds. The topological polar surface area (TPSA) is 79.3 Å². The number of nitrogens with zero attached hydrogens (tertiary/aromatic N) is 1. The highest BCUT2D eigenvalue weighted by molar-refractivity contribution is 9.10. The molecule has 0 spiro atoms. The van der Waals surface area contributed by atoms with Crippen LogP contribution in [0.15, 0.2) is 46.0 Å². The predicted molar refractivity (Wildman–Crippen MR) is 70.8 cm³/mol. The van der Waals surface area contributed by atoms with Crippen molar-refractivity contribution < 1.29 is 17.9 Å². The van der Waals surface area contributed by atoms with Crippen molar-refractivity contribution in [1.82, 2.24) is 4.98 Å². The molecule has 1 aromatic carbocycles. The molecule has 100 valence electrons. The van der Waals surface area contributed by atoms with Gasteiger partial charge < -0.3 is 5.11 Å². The first-order valence-electron chi connectivity index (χ1n) is 5.00. The van der Waals surface area contributed by atoms with Crippen molar-refractivity contribution in [3.8, 4) is 5.75 Å². The predicted octanol–water partition coefficient (Wildman–Crippen LogP) is 2.49. The summed E-state index contributed by atoms with van der Waals surface area (Å²) >= 11 is 3.15. The van der Waals surface area contributed by atoms with Gasteiger partial charge in [0.05, 0.1) is 11.9 Å². The molecule has 2 aromatic rings. The van der Waals surface area contributed by atoms with Crippen LogP contribution < -0.4 is 4.72 Å². The molecule has 0 aliphatic carbocycles. The smallest absolute Gasteiger partial charge is 0.263 e. The average Bonchev–Trinajstić information content (AvgIpc) is 2.33. The van der Waals surface area contributed by atoms with Gasteiger partial charge in [-0.15, -0.1) is 0 Å². The normalized spacial score (nSPS) is 11.3. The summed E-state index contributed by atoms with van der Waals surface area (Å²) in [6.07, 6.45) is 1.91. The third-order valence-corrected chi connectivity index (χ3v) is 4.02. The summed E-state index contributed by atoms with van der Waals surface area (Å²) in [5, 5.41) is 9.56. The van der Waals surface area contributed by atoms with Crippen LogP contribution in [0.5, 0.6) is 5.75 Å². The molecule has 0 aliphatic rings. The van der Waals surface area contributed by atoms with Crippen molar-refractivity contribution in [2.45, 2.75) is 4.90 Å². The number of halogens is 2. The van der Waals surface area contributed by atoms with E-state index in [1.54, 1.807) is 6.07 Å². The van der Waals surface area contributed by atoms with Crippen LogP contribution in [-0.4, -0.2) is 18.5 Å². The number of nitrogens with one attached hydrogen (secondary N) is 1. The molecule has 19 heavy (non-hydrogen) atoms. The number of anilines is 1. The molecule has 1 heterocycles. The summed E-state index contributed by atoms with van der Waals surface area (Å²) in [5.41, 5.74) is -0.0152. The Morgan fingerprint density at radius 3 is 2.68 bits per heavy atom. The Morgan fingerprint density at radius 1 is 1.26 bits per heavy atom. The van der Waals surface area contributed by atoms with Crippen LogP contribution in [0.4, 0.5) is 10.1 Å². The summed E-state index contributed by atoms with van der Waals surface area (Å²) < 4.78 is 39.7. The van der Waals surface area contributed by atoms with E-state index in [9.17, 15) is 17.9 Å². The van der Waals surface area contributed by atoms with Crippen LogP contribution >= 0.6 is 15.9 Å². The second-order valence-electron chi connectivity index (χ2n) is 3.61. The zero-order chi connectivity index (χ0) is 14.0. The van der Waals surface area contributed by atoms with Gasteiger partial charge in [0.2, 0.25) is 0 Å². The van der Waals surface area contributed by atoms with E-state index in [4.69, 9.17) is 0 Å². The molecule has 0 saturated carbocycles. The number of benzene rings is 1. The maximum absolute atomic E-state index is 13.0. The number of pyridine rings is 1. The third kappa shape index (κ3) is 3.21. The molecule has 0 unspecified atom stereocenters. The fourth-order valence-corrected chi connectivity index (χ4v) is 2.73. The highest BCUT2D eigenvalue weighted by atomic mass is 79.9. The van der Waals surface area contributed by atoms with E-state index < -0.39 is 15.8 Å². The molecule has 5 nitrogen and oxygen atoms in total. The molecule has 0 fully saturated rings. The van der Waals surface area contributed by atoms with Gasteiger partial charge in [0.15, 0.2) is 0 Å².